The van der Waals surface area contributed by atoms with Crippen LogP contribution in [0.1, 0.15) is 44.7 Å². The van der Waals surface area contributed by atoms with E-state index in [1.165, 1.54) is 5.56 Å². The largest absolute Gasteiger partial charge is 0.492 e. The summed E-state index contributed by atoms with van der Waals surface area (Å²) < 4.78 is 5.92. The van der Waals surface area contributed by atoms with Gasteiger partial charge in [-0.3, -0.25) is 9.59 Å². The number of benzene rings is 2. The zero-order valence-corrected chi connectivity index (χ0v) is 14.6. The molecule has 1 fully saturated rings. The van der Waals surface area contributed by atoms with Crippen LogP contribution in [0.3, 0.4) is 0 Å². The highest BCUT2D eigenvalue weighted by atomic mass is 16.5. The third-order valence-corrected chi connectivity index (χ3v) is 5.47. The van der Waals surface area contributed by atoms with Crippen LogP contribution in [0.2, 0.25) is 0 Å². The van der Waals surface area contributed by atoms with Gasteiger partial charge in [0.05, 0.1) is 6.61 Å². The molecule has 2 heterocycles. The first-order valence-electron chi connectivity index (χ1n) is 9.01. The summed E-state index contributed by atoms with van der Waals surface area (Å²) in [4.78, 5) is 23.5. The van der Waals surface area contributed by atoms with Crippen molar-refractivity contribution in [2.45, 2.75) is 24.8 Å². The van der Waals surface area contributed by atoms with Crippen LogP contribution in [0.5, 0.6) is 5.75 Å². The number of ether oxygens (including phenoxy) is 1. The van der Waals surface area contributed by atoms with Crippen LogP contribution in [0.15, 0.2) is 42.5 Å². The van der Waals surface area contributed by atoms with E-state index >= 15 is 0 Å². The molecule has 2 aliphatic rings. The molecule has 0 aliphatic carbocycles. The Morgan fingerprint density at radius 2 is 2.00 bits per heavy atom. The number of carbonyl (C=O) groups is 2. The molecule has 5 heteroatoms. The predicted molar refractivity (Wildman–Crippen MR) is 98.7 cm³/mol. The van der Waals surface area contributed by atoms with E-state index in [1.807, 2.05) is 12.1 Å². The third kappa shape index (κ3) is 2.99. The molecule has 2 aromatic rings. The van der Waals surface area contributed by atoms with Crippen LogP contribution in [0.4, 0.5) is 0 Å². The second-order valence-corrected chi connectivity index (χ2v) is 7.04. The Kier molecular flexibility index (Phi) is 4.47. The molecule has 2 aliphatic heterocycles. The van der Waals surface area contributed by atoms with Gasteiger partial charge < -0.3 is 15.4 Å². The lowest BCUT2D eigenvalue weighted by atomic mass is 9.74. The Labute approximate surface area is 152 Å². The van der Waals surface area contributed by atoms with E-state index in [-0.39, 0.29) is 11.3 Å². The summed E-state index contributed by atoms with van der Waals surface area (Å²) in [5.41, 5.74) is 3.22. The van der Waals surface area contributed by atoms with Crippen molar-refractivity contribution in [2.24, 2.45) is 0 Å². The number of rotatable bonds is 4. The minimum Gasteiger partial charge on any atom is -0.492 e. The summed E-state index contributed by atoms with van der Waals surface area (Å²) in [6.45, 7) is 3.18. The van der Waals surface area contributed by atoms with Gasteiger partial charge in [-0.25, -0.2) is 0 Å². The number of piperidine rings is 1. The van der Waals surface area contributed by atoms with Gasteiger partial charge in [-0.15, -0.1) is 0 Å². The van der Waals surface area contributed by atoms with Crippen molar-refractivity contribution in [2.75, 3.05) is 19.7 Å². The number of hydrogen-bond acceptors (Lipinski definition) is 4. The van der Waals surface area contributed by atoms with Crippen LogP contribution < -0.4 is 15.4 Å². The first-order chi connectivity index (χ1) is 12.7. The Balaban J connectivity index is 1.51. The molecule has 0 saturated carbocycles. The van der Waals surface area contributed by atoms with Crippen LogP contribution in [0.25, 0.3) is 0 Å². The lowest BCUT2D eigenvalue weighted by Crippen LogP contribution is -2.41. The summed E-state index contributed by atoms with van der Waals surface area (Å²) >= 11 is 0. The second-order valence-electron chi connectivity index (χ2n) is 7.04. The quantitative estimate of drug-likeness (QED) is 0.831. The predicted octanol–water partition coefficient (Wildman–Crippen LogP) is 2.44. The Hall–Kier alpha value is -2.66. The highest BCUT2D eigenvalue weighted by Crippen LogP contribution is 2.44. The van der Waals surface area contributed by atoms with E-state index in [9.17, 15) is 9.59 Å². The molecule has 0 unspecified atom stereocenters. The standard InChI is InChI=1S/C21H22N2O3/c24-13-16-3-1-2-4-17(16)20(25)23-12-15-5-6-19-18(11-15)21(14-26-19)7-9-22-10-8-21/h1-6,11,13,22H,7-10,12,14H2,(H,23,25). The number of hydrogen-bond donors (Lipinski definition) is 2. The van der Waals surface area contributed by atoms with Crippen molar-refractivity contribution in [1.29, 1.82) is 0 Å². The first kappa shape index (κ1) is 16.8. The van der Waals surface area contributed by atoms with Gasteiger partial charge in [0.25, 0.3) is 5.91 Å². The normalized spacial score (nSPS) is 17.4. The van der Waals surface area contributed by atoms with Crippen molar-refractivity contribution in [3.63, 3.8) is 0 Å². The van der Waals surface area contributed by atoms with Crippen LogP contribution in [-0.4, -0.2) is 31.9 Å². The minimum atomic E-state index is -0.235. The summed E-state index contributed by atoms with van der Waals surface area (Å²) in [6, 6.07) is 13.0. The number of carbonyl (C=O) groups excluding carboxylic acids is 2. The highest BCUT2D eigenvalue weighted by Gasteiger charge is 2.41. The number of aldehydes is 1. The lowest BCUT2D eigenvalue weighted by molar-refractivity contribution is 0.0945. The Morgan fingerprint density at radius 3 is 2.81 bits per heavy atom. The van der Waals surface area contributed by atoms with Crippen LogP contribution in [-0.2, 0) is 12.0 Å². The molecule has 26 heavy (non-hydrogen) atoms. The average Bonchev–Trinajstić information content (AvgIpc) is 3.04. The molecule has 1 saturated heterocycles. The first-order valence-corrected chi connectivity index (χ1v) is 9.01. The average molecular weight is 350 g/mol. The van der Waals surface area contributed by atoms with E-state index < -0.39 is 0 Å². The monoisotopic (exact) mass is 350 g/mol. The van der Waals surface area contributed by atoms with Gasteiger partial charge >= 0.3 is 0 Å². The molecule has 1 spiro atoms. The molecule has 0 atom stereocenters. The topological polar surface area (TPSA) is 67.4 Å². The minimum absolute atomic E-state index is 0.102. The van der Waals surface area contributed by atoms with Crippen molar-refractivity contribution in [3.8, 4) is 5.75 Å². The van der Waals surface area contributed by atoms with Gasteiger partial charge in [0.2, 0.25) is 0 Å². The van der Waals surface area contributed by atoms with E-state index in [4.69, 9.17) is 4.74 Å². The van der Waals surface area contributed by atoms with Gasteiger partial charge in [-0.05, 0) is 49.7 Å². The fourth-order valence-corrected chi connectivity index (χ4v) is 3.92. The molecule has 5 nitrogen and oxygen atoms in total. The smallest absolute Gasteiger partial charge is 0.252 e. The van der Waals surface area contributed by atoms with Gasteiger partial charge in [0, 0.05) is 28.7 Å². The summed E-state index contributed by atoms with van der Waals surface area (Å²) in [5, 5.41) is 6.33. The van der Waals surface area contributed by atoms with Gasteiger partial charge in [0.1, 0.15) is 5.75 Å². The van der Waals surface area contributed by atoms with Gasteiger partial charge in [0.15, 0.2) is 6.29 Å². The number of nitrogens with one attached hydrogen (secondary N) is 2. The zero-order valence-electron chi connectivity index (χ0n) is 14.6. The van der Waals surface area contributed by atoms with Crippen molar-refractivity contribution >= 4 is 12.2 Å². The Bertz CT molecular complexity index is 835. The molecule has 0 bridgehead atoms. The molecule has 4 rings (SSSR count). The van der Waals surface area contributed by atoms with Crippen molar-refractivity contribution in [3.05, 3.63) is 64.7 Å². The SMILES string of the molecule is O=Cc1ccccc1C(=O)NCc1ccc2c(c1)C1(CCNCC1)CO2. The van der Waals surface area contributed by atoms with E-state index in [0.717, 1.165) is 43.9 Å². The molecule has 134 valence electrons. The fourth-order valence-electron chi connectivity index (χ4n) is 3.92. The van der Waals surface area contributed by atoms with Crippen LogP contribution in [0, 0.1) is 0 Å². The summed E-state index contributed by atoms with van der Waals surface area (Å²) in [5.74, 6) is 0.731. The molecule has 0 radical (unpaired) electrons. The van der Waals surface area contributed by atoms with Gasteiger partial charge in [-0.2, -0.15) is 0 Å². The van der Waals surface area contributed by atoms with E-state index in [2.05, 4.69) is 16.7 Å². The molecular weight excluding hydrogens is 328 g/mol. The lowest BCUT2D eigenvalue weighted by Gasteiger charge is -2.32. The second kappa shape index (κ2) is 6.92. The Morgan fingerprint density at radius 1 is 1.19 bits per heavy atom. The maximum atomic E-state index is 12.4. The third-order valence-electron chi connectivity index (χ3n) is 5.47. The molecule has 2 aromatic carbocycles. The van der Waals surface area contributed by atoms with Crippen molar-refractivity contribution < 1.29 is 14.3 Å². The maximum Gasteiger partial charge on any atom is 0.252 e. The van der Waals surface area contributed by atoms with E-state index in [0.29, 0.717) is 24.0 Å². The number of amides is 1. The van der Waals surface area contributed by atoms with Crippen molar-refractivity contribution in [1.82, 2.24) is 10.6 Å². The zero-order chi connectivity index (χ0) is 18.0. The maximum absolute atomic E-state index is 12.4. The molecule has 2 N–H and O–H groups in total. The summed E-state index contributed by atoms with van der Waals surface area (Å²) in [6.07, 6.45) is 2.85. The highest BCUT2D eigenvalue weighted by molar-refractivity contribution is 6.01. The summed E-state index contributed by atoms with van der Waals surface area (Å²) in [7, 11) is 0. The molecule has 0 aromatic heterocycles. The van der Waals surface area contributed by atoms with Gasteiger partial charge in [-0.1, -0.05) is 24.3 Å². The number of fused-ring (bicyclic) bond motifs is 2. The van der Waals surface area contributed by atoms with E-state index in [1.54, 1.807) is 24.3 Å². The molecule has 1 amide bonds. The van der Waals surface area contributed by atoms with Crippen LogP contribution >= 0.6 is 0 Å². The fraction of sp³-hybridized carbons (Fsp3) is 0.333. The molecular formula is C21H22N2O3.